The van der Waals surface area contributed by atoms with Gasteiger partial charge in [0.25, 0.3) is 0 Å². The minimum Gasteiger partial charge on any atom is -0.0149 e. The summed E-state index contributed by atoms with van der Waals surface area (Å²) in [5, 5.41) is 0. The Morgan fingerprint density at radius 3 is 1.00 bits per heavy atom. The van der Waals surface area contributed by atoms with Crippen LogP contribution in [-0.2, 0) is 32.7 Å². The molecule has 0 unspecified atom stereocenters. The first-order valence-corrected chi connectivity index (χ1v) is 0. The van der Waals surface area contributed by atoms with Gasteiger partial charge in [0.1, 0.15) is 0 Å². The van der Waals surface area contributed by atoms with Crippen molar-refractivity contribution in [1.29, 1.82) is 0 Å². The molecule has 0 bridgehead atoms. The Kier molecular flexibility index (Phi) is 223. The molecule has 0 aliphatic carbocycles. The van der Waals surface area contributed by atoms with Gasteiger partial charge in [-0.05, 0) is 11.0 Å². The Morgan fingerprint density at radius 2 is 1.00 bits per heavy atom. The van der Waals surface area contributed by atoms with E-state index in [1.165, 1.54) is 0 Å². The van der Waals surface area contributed by atoms with E-state index in [-0.39, 0.29) is 103 Å². The molecule has 0 saturated heterocycles. The predicted octanol–water partition coefficient (Wildman–Crippen LogP) is -4.20. The summed E-state index contributed by atoms with van der Waals surface area (Å²) in [5.74, 6) is 0. The second kappa shape index (κ2) is 27.0. The van der Waals surface area contributed by atoms with Crippen molar-refractivity contribution >= 4 is 70.2 Å². The molecule has 0 rings (SSSR count). The second-order valence-corrected chi connectivity index (χ2v) is 0. The van der Waals surface area contributed by atoms with E-state index in [2.05, 4.69) is 0 Å². The van der Waals surface area contributed by atoms with E-state index in [1.54, 1.807) is 0 Å². The van der Waals surface area contributed by atoms with E-state index >= 15 is 0 Å². The molecule has 5 heteroatoms. The molecule has 0 fully saturated rings. The fraction of sp³-hybridized carbons (Fsp3) is 0. The van der Waals surface area contributed by atoms with Crippen molar-refractivity contribution in [3.63, 3.8) is 0 Å². The Labute approximate surface area is 101 Å². The van der Waals surface area contributed by atoms with E-state index in [9.17, 15) is 0 Å². The summed E-state index contributed by atoms with van der Waals surface area (Å²) in [6, 6.07) is 0. The van der Waals surface area contributed by atoms with Gasteiger partial charge in [-0.2, -0.15) is 0 Å². The Hall–Kier alpha value is 3.22. The van der Waals surface area contributed by atoms with Gasteiger partial charge in [0.2, 0.25) is 0 Å². The first kappa shape index (κ1) is 41.4. The molecule has 23 valence electrons. The van der Waals surface area contributed by atoms with E-state index in [0.717, 1.165) is 0 Å². The minimum absolute atomic E-state index is 0. The van der Waals surface area contributed by atoms with Crippen LogP contribution in [0.15, 0.2) is 0 Å². The fourth-order valence-corrected chi connectivity index (χ4v) is 0. The van der Waals surface area contributed by atoms with Gasteiger partial charge in [0, 0.05) is 32.7 Å². The smallest absolute Gasteiger partial charge is 0.0149 e. The SMILES string of the molecule is [AlH3].[LiH].[MgH2].[SiH4].[Y]. The molecule has 0 saturated carbocycles. The summed E-state index contributed by atoms with van der Waals surface area (Å²) >= 11 is 0. The van der Waals surface area contributed by atoms with Crippen LogP contribution in [0.2, 0.25) is 0 Å². The molecular weight excluding hydrogens is 175 g/mol. The maximum absolute atomic E-state index is 0. The van der Waals surface area contributed by atoms with Gasteiger partial charge in [-0.1, -0.05) is 0 Å². The zero-order chi connectivity index (χ0) is 0. The van der Waals surface area contributed by atoms with Crippen molar-refractivity contribution in [3.05, 3.63) is 0 Å². The second-order valence-electron chi connectivity index (χ2n) is 0. The van der Waals surface area contributed by atoms with E-state index in [0.29, 0.717) is 0 Å². The summed E-state index contributed by atoms with van der Waals surface area (Å²) in [7, 11) is 0. The standard InChI is InChI=1S/Al.Li.Mg.H4Si.Y.6H/h;;;1H4;;;;;;;. The van der Waals surface area contributed by atoms with Crippen LogP contribution in [0.5, 0.6) is 0 Å². The van der Waals surface area contributed by atoms with Gasteiger partial charge >= 0.3 is 41.9 Å². The molecule has 0 aromatic carbocycles. The van der Waals surface area contributed by atoms with E-state index in [4.69, 9.17) is 0 Å². The molecule has 0 aromatic heterocycles. The van der Waals surface area contributed by atoms with Gasteiger partial charge in [0.05, 0.1) is 0 Å². The topological polar surface area (TPSA) is 0 Å². The van der Waals surface area contributed by atoms with Crippen molar-refractivity contribution in [2.24, 2.45) is 0 Å². The maximum Gasteiger partial charge on any atom is 0.316 e. The molecule has 5 heavy (non-hydrogen) atoms. The van der Waals surface area contributed by atoms with Crippen molar-refractivity contribution < 1.29 is 32.7 Å². The molecular formula is H10AlLiMgSiY. The number of hydrogen-bond donors (Lipinski definition) is 0. The molecule has 0 N–H and O–H groups in total. The van der Waals surface area contributed by atoms with Crippen LogP contribution >= 0.6 is 0 Å². The largest absolute Gasteiger partial charge is 0.316 e. The predicted molar refractivity (Wildman–Crippen MR) is 37.0 cm³/mol. The minimum atomic E-state index is 0. The van der Waals surface area contributed by atoms with Crippen molar-refractivity contribution in [3.8, 4) is 0 Å². The zero-order valence-corrected chi connectivity index (χ0v) is 3.42. The quantitative estimate of drug-likeness (QED) is 0.336. The first-order valence-electron chi connectivity index (χ1n) is 0. The Morgan fingerprint density at radius 1 is 1.00 bits per heavy atom. The molecule has 0 spiro atoms. The van der Waals surface area contributed by atoms with Gasteiger partial charge in [-0.25, -0.2) is 0 Å². The van der Waals surface area contributed by atoms with Crippen LogP contribution in [-0.4, -0.2) is 70.2 Å². The average Bonchev–Trinajstić information content (AvgIpc) is 0. The summed E-state index contributed by atoms with van der Waals surface area (Å²) in [4.78, 5) is 0. The maximum atomic E-state index is 0. The van der Waals surface area contributed by atoms with Crippen molar-refractivity contribution in [1.82, 2.24) is 0 Å². The van der Waals surface area contributed by atoms with E-state index < -0.39 is 0 Å². The van der Waals surface area contributed by atoms with Crippen LogP contribution in [0.1, 0.15) is 0 Å². The molecule has 0 nitrogen and oxygen atoms in total. The van der Waals surface area contributed by atoms with Crippen molar-refractivity contribution in [2.75, 3.05) is 0 Å². The third kappa shape index (κ3) is 19.0. The normalized spacial score (nSPS) is 0. The molecule has 0 aliphatic rings. The van der Waals surface area contributed by atoms with Gasteiger partial charge < -0.3 is 0 Å². The summed E-state index contributed by atoms with van der Waals surface area (Å²) in [6.07, 6.45) is 0. The van der Waals surface area contributed by atoms with Crippen molar-refractivity contribution in [2.45, 2.75) is 0 Å². The fourth-order valence-electron chi connectivity index (χ4n) is 0. The molecule has 0 amide bonds. The van der Waals surface area contributed by atoms with Gasteiger partial charge in [-0.15, -0.1) is 0 Å². The Bertz CT molecular complexity index is 11.6. The van der Waals surface area contributed by atoms with E-state index in [1.807, 2.05) is 0 Å². The molecule has 0 atom stereocenters. The molecule has 0 aromatic rings. The van der Waals surface area contributed by atoms with Crippen LogP contribution in [0, 0.1) is 0 Å². The van der Waals surface area contributed by atoms with Crippen LogP contribution in [0.3, 0.4) is 0 Å². The monoisotopic (exact) mass is 185 g/mol. The summed E-state index contributed by atoms with van der Waals surface area (Å²) < 4.78 is 0. The van der Waals surface area contributed by atoms with Crippen LogP contribution in [0.4, 0.5) is 0 Å². The molecule has 0 heterocycles. The molecule has 1 radical (unpaired) electrons. The third-order valence-electron chi connectivity index (χ3n) is 0. The summed E-state index contributed by atoms with van der Waals surface area (Å²) in [6.45, 7) is 0. The Balaban J connectivity index is 0. The van der Waals surface area contributed by atoms with Gasteiger partial charge in [-0.3, -0.25) is 0 Å². The zero-order valence-electron chi connectivity index (χ0n) is 0.577. The van der Waals surface area contributed by atoms with Gasteiger partial charge in [0.15, 0.2) is 17.4 Å². The first-order chi connectivity index (χ1) is 0. The summed E-state index contributed by atoms with van der Waals surface area (Å²) in [5.41, 5.74) is 0. The number of hydrogen-bond acceptors (Lipinski definition) is 0. The van der Waals surface area contributed by atoms with Crippen LogP contribution in [0.25, 0.3) is 0 Å². The number of rotatable bonds is 0. The van der Waals surface area contributed by atoms with Crippen LogP contribution < -0.4 is 0 Å². The molecule has 0 aliphatic heterocycles. The third-order valence-corrected chi connectivity index (χ3v) is 0. The average molecular weight is 185 g/mol.